The number of aryl methyl sites for hydroxylation is 2. The van der Waals surface area contributed by atoms with Crippen molar-refractivity contribution in [3.05, 3.63) is 63.6 Å². The van der Waals surface area contributed by atoms with Gasteiger partial charge < -0.3 is 4.74 Å². The van der Waals surface area contributed by atoms with Crippen LogP contribution in [0.25, 0.3) is 0 Å². The van der Waals surface area contributed by atoms with E-state index in [1.165, 1.54) is 24.0 Å². The van der Waals surface area contributed by atoms with E-state index >= 15 is 0 Å². The summed E-state index contributed by atoms with van der Waals surface area (Å²) < 4.78 is 6.62. The van der Waals surface area contributed by atoms with E-state index in [2.05, 4.69) is 28.1 Å². The average Bonchev–Trinajstić information content (AvgIpc) is 2.53. The molecule has 108 valence electrons. The second-order valence-electron chi connectivity index (χ2n) is 5.36. The summed E-state index contributed by atoms with van der Waals surface area (Å²) in [5.74, 6) is 0.793. The largest absolute Gasteiger partial charge is 0.485 e. The molecule has 0 amide bonds. The van der Waals surface area contributed by atoms with Crippen molar-refractivity contribution in [2.45, 2.75) is 25.7 Å². The Labute approximate surface area is 133 Å². The van der Waals surface area contributed by atoms with Crippen LogP contribution in [0.5, 0.6) is 5.75 Å². The zero-order valence-corrected chi connectivity index (χ0v) is 13.4. The highest BCUT2D eigenvalue weighted by Crippen LogP contribution is 2.25. The number of carbonyl (C=O) groups is 1. The third-order valence-electron chi connectivity index (χ3n) is 3.86. The maximum atomic E-state index is 12.1. The molecule has 0 saturated carbocycles. The molecule has 0 radical (unpaired) electrons. The molecule has 3 heteroatoms. The number of ether oxygens (including phenoxy) is 1. The van der Waals surface area contributed by atoms with E-state index in [0.717, 1.165) is 23.1 Å². The Morgan fingerprint density at radius 2 is 1.71 bits per heavy atom. The SMILES string of the molecule is O=C(COc1ccc2c(c1)CCCC2)c1ccc(Br)cc1. The second-order valence-corrected chi connectivity index (χ2v) is 6.27. The van der Waals surface area contributed by atoms with Gasteiger partial charge in [0.05, 0.1) is 0 Å². The average molecular weight is 345 g/mol. The van der Waals surface area contributed by atoms with E-state index < -0.39 is 0 Å². The fourth-order valence-corrected chi connectivity index (χ4v) is 2.93. The summed E-state index contributed by atoms with van der Waals surface area (Å²) in [5, 5.41) is 0. The number of benzene rings is 2. The molecule has 0 bridgehead atoms. The molecule has 0 unspecified atom stereocenters. The number of hydrogen-bond donors (Lipinski definition) is 0. The third kappa shape index (κ3) is 3.53. The molecule has 0 heterocycles. The summed E-state index contributed by atoms with van der Waals surface area (Å²) >= 11 is 3.36. The smallest absolute Gasteiger partial charge is 0.200 e. The molecule has 0 spiro atoms. The molecule has 0 fully saturated rings. The second kappa shape index (κ2) is 6.44. The van der Waals surface area contributed by atoms with E-state index in [0.29, 0.717) is 5.56 Å². The van der Waals surface area contributed by atoms with Crippen molar-refractivity contribution in [1.82, 2.24) is 0 Å². The Morgan fingerprint density at radius 3 is 2.48 bits per heavy atom. The first-order valence-electron chi connectivity index (χ1n) is 7.26. The minimum atomic E-state index is 0.000204. The van der Waals surface area contributed by atoms with E-state index in [-0.39, 0.29) is 12.4 Å². The maximum Gasteiger partial charge on any atom is 0.200 e. The summed E-state index contributed by atoms with van der Waals surface area (Å²) in [6, 6.07) is 13.5. The molecule has 0 saturated heterocycles. The monoisotopic (exact) mass is 344 g/mol. The zero-order chi connectivity index (χ0) is 14.7. The Morgan fingerprint density at radius 1 is 1.00 bits per heavy atom. The van der Waals surface area contributed by atoms with Crippen molar-refractivity contribution in [3.8, 4) is 5.75 Å². The van der Waals surface area contributed by atoms with E-state index in [1.54, 1.807) is 0 Å². The molecule has 2 nitrogen and oxygen atoms in total. The summed E-state index contributed by atoms with van der Waals surface area (Å²) in [5.41, 5.74) is 3.47. The Kier molecular flexibility index (Phi) is 4.39. The molecular weight excluding hydrogens is 328 g/mol. The van der Waals surface area contributed by atoms with Gasteiger partial charge >= 0.3 is 0 Å². The van der Waals surface area contributed by atoms with Crippen LogP contribution < -0.4 is 4.74 Å². The maximum absolute atomic E-state index is 12.1. The fraction of sp³-hybridized carbons (Fsp3) is 0.278. The number of fused-ring (bicyclic) bond motifs is 1. The van der Waals surface area contributed by atoms with Crippen LogP contribution in [0.2, 0.25) is 0 Å². The van der Waals surface area contributed by atoms with Gasteiger partial charge in [0.15, 0.2) is 12.4 Å². The van der Waals surface area contributed by atoms with E-state index in [1.807, 2.05) is 30.3 Å². The molecule has 3 rings (SSSR count). The Balaban J connectivity index is 1.64. The minimum absolute atomic E-state index is 0.000204. The molecule has 1 aliphatic rings. The highest BCUT2D eigenvalue weighted by molar-refractivity contribution is 9.10. The van der Waals surface area contributed by atoms with E-state index in [9.17, 15) is 4.79 Å². The first-order valence-corrected chi connectivity index (χ1v) is 8.05. The van der Waals surface area contributed by atoms with Gasteiger partial charge in [-0.15, -0.1) is 0 Å². The number of ketones is 1. The molecule has 0 aromatic heterocycles. The molecule has 0 atom stereocenters. The van der Waals surface area contributed by atoms with Crippen molar-refractivity contribution < 1.29 is 9.53 Å². The van der Waals surface area contributed by atoms with Gasteiger partial charge in [0.1, 0.15) is 5.75 Å². The van der Waals surface area contributed by atoms with Gasteiger partial charge in [0.2, 0.25) is 0 Å². The molecule has 0 N–H and O–H groups in total. The van der Waals surface area contributed by atoms with E-state index in [4.69, 9.17) is 4.74 Å². The standard InChI is InChI=1S/C18H17BrO2/c19-16-8-5-14(6-9-16)18(20)12-21-17-10-7-13-3-1-2-4-15(13)11-17/h5-11H,1-4,12H2. The van der Waals surface area contributed by atoms with Crippen molar-refractivity contribution >= 4 is 21.7 Å². The quantitative estimate of drug-likeness (QED) is 0.758. The number of carbonyl (C=O) groups excluding carboxylic acids is 1. The van der Waals surface area contributed by atoms with Gasteiger partial charge in [-0.1, -0.05) is 34.1 Å². The summed E-state index contributed by atoms with van der Waals surface area (Å²) in [7, 11) is 0. The topological polar surface area (TPSA) is 26.3 Å². The van der Waals surface area contributed by atoms with Crippen LogP contribution >= 0.6 is 15.9 Å². The van der Waals surface area contributed by atoms with Gasteiger partial charge in [0.25, 0.3) is 0 Å². The molecule has 2 aromatic rings. The number of hydrogen-bond acceptors (Lipinski definition) is 2. The molecular formula is C18H17BrO2. The van der Waals surface area contributed by atoms with Crippen LogP contribution in [0.3, 0.4) is 0 Å². The van der Waals surface area contributed by atoms with Gasteiger partial charge in [-0.25, -0.2) is 0 Å². The molecule has 0 aliphatic heterocycles. The lowest BCUT2D eigenvalue weighted by Crippen LogP contribution is -2.12. The number of Topliss-reactive ketones (excluding diaryl/α,β-unsaturated/α-hetero) is 1. The van der Waals surface area contributed by atoms with Crippen LogP contribution in [0.4, 0.5) is 0 Å². The molecule has 1 aliphatic carbocycles. The minimum Gasteiger partial charge on any atom is -0.485 e. The van der Waals surface area contributed by atoms with Crippen molar-refractivity contribution in [2.24, 2.45) is 0 Å². The van der Waals surface area contributed by atoms with Crippen molar-refractivity contribution in [3.63, 3.8) is 0 Å². The van der Waals surface area contributed by atoms with Gasteiger partial charge in [-0.2, -0.15) is 0 Å². The number of rotatable bonds is 4. The number of halogens is 1. The van der Waals surface area contributed by atoms with Gasteiger partial charge in [0, 0.05) is 10.0 Å². The predicted molar refractivity (Wildman–Crippen MR) is 87.1 cm³/mol. The van der Waals surface area contributed by atoms with Crippen LogP contribution in [-0.2, 0) is 12.8 Å². The van der Waals surface area contributed by atoms with Crippen molar-refractivity contribution in [2.75, 3.05) is 6.61 Å². The summed E-state index contributed by atoms with van der Waals surface area (Å²) in [4.78, 5) is 12.1. The molecule has 21 heavy (non-hydrogen) atoms. The zero-order valence-electron chi connectivity index (χ0n) is 11.8. The first-order chi connectivity index (χ1) is 10.2. The molecule has 2 aromatic carbocycles. The lowest BCUT2D eigenvalue weighted by atomic mass is 9.92. The third-order valence-corrected chi connectivity index (χ3v) is 4.38. The van der Waals surface area contributed by atoms with Crippen LogP contribution in [-0.4, -0.2) is 12.4 Å². The van der Waals surface area contributed by atoms with Crippen LogP contribution in [0, 0.1) is 0 Å². The lowest BCUT2D eigenvalue weighted by Gasteiger charge is -2.16. The van der Waals surface area contributed by atoms with Gasteiger partial charge in [-0.3, -0.25) is 4.79 Å². The highest BCUT2D eigenvalue weighted by Gasteiger charge is 2.11. The summed E-state index contributed by atoms with van der Waals surface area (Å²) in [6.07, 6.45) is 4.80. The van der Waals surface area contributed by atoms with Crippen molar-refractivity contribution in [1.29, 1.82) is 0 Å². The lowest BCUT2D eigenvalue weighted by molar-refractivity contribution is 0.0921. The Hall–Kier alpha value is -1.61. The normalized spacial score (nSPS) is 13.6. The Bertz CT molecular complexity index is 647. The van der Waals surface area contributed by atoms with Crippen LogP contribution in [0.15, 0.2) is 46.9 Å². The summed E-state index contributed by atoms with van der Waals surface area (Å²) in [6.45, 7) is 0.0837. The predicted octanol–water partition coefficient (Wildman–Crippen LogP) is 4.59. The van der Waals surface area contributed by atoms with Crippen LogP contribution in [0.1, 0.15) is 34.3 Å². The fourth-order valence-electron chi connectivity index (χ4n) is 2.67. The first kappa shape index (κ1) is 14.3. The highest BCUT2D eigenvalue weighted by atomic mass is 79.9. The van der Waals surface area contributed by atoms with Gasteiger partial charge in [-0.05, 0) is 61.1 Å².